The normalized spacial score (nSPS) is 21.2. The molecule has 2 N–H and O–H groups in total. The molecule has 2 aliphatic rings. The Morgan fingerprint density at radius 1 is 1.35 bits per heavy atom. The number of phenolic OH excluding ortho intramolecular Hbond substituents is 1. The van der Waals surface area contributed by atoms with Crippen molar-refractivity contribution in [2.75, 3.05) is 24.1 Å². The Morgan fingerprint density at radius 3 is 2.81 bits per heavy atom. The lowest BCUT2D eigenvalue weighted by Gasteiger charge is -2.22. The molecule has 0 radical (unpaired) electrons. The molecule has 1 unspecified atom stereocenters. The zero-order valence-corrected chi connectivity index (χ0v) is 14.5. The maximum Gasteiger partial charge on any atom is 0.253 e. The third-order valence-corrected chi connectivity index (χ3v) is 5.62. The van der Waals surface area contributed by atoms with Crippen molar-refractivity contribution in [1.82, 2.24) is 14.5 Å². The second kappa shape index (κ2) is 6.69. The second-order valence-corrected chi connectivity index (χ2v) is 7.30. The number of carbonyl (C=O) groups is 1. The van der Waals surface area contributed by atoms with Gasteiger partial charge in [-0.3, -0.25) is 18.5 Å². The highest BCUT2D eigenvalue weighted by molar-refractivity contribution is 7.85. The van der Waals surface area contributed by atoms with E-state index in [1.54, 1.807) is 17.1 Å². The first-order valence-corrected chi connectivity index (χ1v) is 9.28. The number of amides is 1. The molecule has 4 rings (SSSR count). The largest absolute Gasteiger partial charge is 0.506 e. The van der Waals surface area contributed by atoms with Crippen molar-refractivity contribution in [2.45, 2.75) is 18.9 Å². The van der Waals surface area contributed by atoms with Crippen molar-refractivity contribution < 1.29 is 23.2 Å². The zero-order chi connectivity index (χ0) is 18.3. The van der Waals surface area contributed by atoms with E-state index in [1.165, 1.54) is 12.1 Å². The average Bonchev–Trinajstić information content (AvgIpc) is 3.23. The van der Waals surface area contributed by atoms with Gasteiger partial charge in [0.15, 0.2) is 5.82 Å². The van der Waals surface area contributed by atoms with E-state index in [0.29, 0.717) is 18.8 Å². The third-order valence-electron chi connectivity index (χ3n) is 4.51. The summed E-state index contributed by atoms with van der Waals surface area (Å²) in [6.07, 6.45) is 4.98. The average molecular weight is 380 g/mol. The molecule has 0 bridgehead atoms. The standard InChI is InChI=1S/C16H17FN4O4S/c17-15-12(10-7-18-20(8-10)11-3-5-25-6-4-11)1-2-13(22)16(15)21-9-14(23)19-26(21)24/h1-2,7-8,11,22H,3-6,9H2,(H,19,23). The highest BCUT2D eigenvalue weighted by Crippen LogP contribution is 2.38. The van der Waals surface area contributed by atoms with Gasteiger partial charge in [-0.1, -0.05) is 0 Å². The van der Waals surface area contributed by atoms with Gasteiger partial charge in [-0.25, -0.2) is 8.60 Å². The number of hydrogen-bond acceptors (Lipinski definition) is 5. The van der Waals surface area contributed by atoms with Gasteiger partial charge in [0.05, 0.1) is 12.2 Å². The molecular weight excluding hydrogens is 363 g/mol. The number of phenols is 1. The number of rotatable bonds is 3. The summed E-state index contributed by atoms with van der Waals surface area (Å²) in [5.41, 5.74) is 0.491. The van der Waals surface area contributed by atoms with Gasteiger partial charge in [0.2, 0.25) is 11.2 Å². The number of anilines is 1. The van der Waals surface area contributed by atoms with Crippen molar-refractivity contribution in [3.8, 4) is 16.9 Å². The molecule has 2 aromatic rings. The molecular formula is C16H17FN4O4S. The lowest BCUT2D eigenvalue weighted by atomic mass is 10.1. The van der Waals surface area contributed by atoms with E-state index in [0.717, 1.165) is 17.1 Å². The summed E-state index contributed by atoms with van der Waals surface area (Å²) < 4.78 is 37.4. The Kier molecular flexibility index (Phi) is 4.37. The zero-order valence-electron chi connectivity index (χ0n) is 13.7. The molecule has 1 aromatic carbocycles. The van der Waals surface area contributed by atoms with Crippen LogP contribution in [0.2, 0.25) is 0 Å². The van der Waals surface area contributed by atoms with Crippen LogP contribution in [0.25, 0.3) is 11.1 Å². The fourth-order valence-corrected chi connectivity index (χ4v) is 4.12. The van der Waals surface area contributed by atoms with E-state index in [2.05, 4.69) is 9.82 Å². The minimum absolute atomic E-state index is 0.199. The lowest BCUT2D eigenvalue weighted by Crippen LogP contribution is -2.23. The maximum absolute atomic E-state index is 15.1. The van der Waals surface area contributed by atoms with Crippen molar-refractivity contribution in [3.63, 3.8) is 0 Å². The molecule has 3 heterocycles. The first-order valence-electron chi connectivity index (χ1n) is 8.17. The van der Waals surface area contributed by atoms with E-state index in [4.69, 9.17) is 4.74 Å². The Hall–Kier alpha value is -2.46. The second-order valence-electron chi connectivity index (χ2n) is 6.16. The number of aromatic nitrogens is 2. The predicted molar refractivity (Wildman–Crippen MR) is 92.0 cm³/mol. The van der Waals surface area contributed by atoms with E-state index in [9.17, 15) is 14.1 Å². The number of hydrogen-bond donors (Lipinski definition) is 2. The summed E-state index contributed by atoms with van der Waals surface area (Å²) in [6.45, 7) is 1.04. The van der Waals surface area contributed by atoms with Gasteiger partial charge in [0.1, 0.15) is 18.0 Å². The Labute approximate surface area is 151 Å². The first kappa shape index (κ1) is 17.0. The molecule has 8 nitrogen and oxygen atoms in total. The van der Waals surface area contributed by atoms with Crippen LogP contribution in [-0.2, 0) is 20.7 Å². The molecule has 1 aromatic heterocycles. The van der Waals surface area contributed by atoms with Crippen LogP contribution in [-0.4, -0.2) is 44.8 Å². The van der Waals surface area contributed by atoms with Crippen LogP contribution in [0.1, 0.15) is 18.9 Å². The predicted octanol–water partition coefficient (Wildman–Crippen LogP) is 1.26. The Balaban J connectivity index is 1.69. The van der Waals surface area contributed by atoms with Gasteiger partial charge in [0, 0.05) is 30.5 Å². The van der Waals surface area contributed by atoms with Crippen molar-refractivity contribution >= 4 is 22.8 Å². The molecule has 10 heteroatoms. The van der Waals surface area contributed by atoms with Crippen LogP contribution in [0.5, 0.6) is 5.75 Å². The molecule has 2 aliphatic heterocycles. The molecule has 0 spiro atoms. The van der Waals surface area contributed by atoms with E-state index < -0.39 is 22.9 Å². The molecule has 26 heavy (non-hydrogen) atoms. The fraction of sp³-hybridized carbons (Fsp3) is 0.375. The topological polar surface area (TPSA) is 96.7 Å². The number of carbonyl (C=O) groups excluding carboxylic acids is 1. The molecule has 0 saturated carbocycles. The number of nitrogens with zero attached hydrogens (tertiary/aromatic N) is 3. The summed E-state index contributed by atoms with van der Waals surface area (Å²) in [5.74, 6) is -1.63. The minimum Gasteiger partial charge on any atom is -0.506 e. The van der Waals surface area contributed by atoms with Crippen LogP contribution in [0.3, 0.4) is 0 Å². The number of ether oxygens (including phenoxy) is 1. The fourth-order valence-electron chi connectivity index (χ4n) is 3.18. The van der Waals surface area contributed by atoms with Crippen molar-refractivity contribution in [1.29, 1.82) is 0 Å². The number of halogens is 1. The Morgan fingerprint density at radius 2 is 2.12 bits per heavy atom. The molecule has 1 amide bonds. The monoisotopic (exact) mass is 380 g/mol. The summed E-state index contributed by atoms with van der Waals surface area (Å²) in [7, 11) is 0. The number of aromatic hydroxyl groups is 1. The van der Waals surface area contributed by atoms with E-state index >= 15 is 4.39 Å². The highest BCUT2D eigenvalue weighted by atomic mass is 32.2. The van der Waals surface area contributed by atoms with Gasteiger partial charge in [-0.2, -0.15) is 5.10 Å². The van der Waals surface area contributed by atoms with Crippen LogP contribution < -0.4 is 9.03 Å². The Bertz CT molecular complexity index is 881. The molecule has 0 aliphatic carbocycles. The van der Waals surface area contributed by atoms with Gasteiger partial charge in [-0.15, -0.1) is 0 Å². The summed E-state index contributed by atoms with van der Waals surface area (Å²) in [6, 6.07) is 2.96. The molecule has 1 atom stereocenters. The van der Waals surface area contributed by atoms with E-state index in [1.807, 2.05) is 0 Å². The van der Waals surface area contributed by atoms with E-state index in [-0.39, 0.29) is 29.6 Å². The summed E-state index contributed by atoms with van der Waals surface area (Å²) in [5, 5.41) is 14.4. The summed E-state index contributed by atoms with van der Waals surface area (Å²) in [4.78, 5) is 11.4. The summed E-state index contributed by atoms with van der Waals surface area (Å²) >= 11 is -1.93. The van der Waals surface area contributed by atoms with Crippen LogP contribution in [0.4, 0.5) is 10.1 Å². The number of nitrogens with one attached hydrogen (secondary N) is 1. The van der Waals surface area contributed by atoms with Gasteiger partial charge >= 0.3 is 0 Å². The quantitative estimate of drug-likeness (QED) is 0.836. The minimum atomic E-state index is -1.93. The number of benzene rings is 1. The van der Waals surface area contributed by atoms with Gasteiger partial charge in [0.25, 0.3) is 5.91 Å². The first-order chi connectivity index (χ1) is 12.5. The van der Waals surface area contributed by atoms with Gasteiger partial charge in [-0.05, 0) is 25.0 Å². The van der Waals surface area contributed by atoms with Crippen molar-refractivity contribution in [2.24, 2.45) is 0 Å². The SMILES string of the molecule is O=C1CN(c2c(O)ccc(-c3cnn(C4CCOCC4)c3)c2F)S(=O)N1. The smallest absolute Gasteiger partial charge is 0.253 e. The van der Waals surface area contributed by atoms with Crippen LogP contribution in [0, 0.1) is 5.82 Å². The molecule has 2 saturated heterocycles. The van der Waals surface area contributed by atoms with Crippen LogP contribution >= 0.6 is 0 Å². The van der Waals surface area contributed by atoms with Crippen molar-refractivity contribution in [3.05, 3.63) is 30.3 Å². The third kappa shape index (κ3) is 2.95. The maximum atomic E-state index is 15.1. The highest BCUT2D eigenvalue weighted by Gasteiger charge is 2.32. The van der Waals surface area contributed by atoms with Gasteiger partial charge < -0.3 is 9.84 Å². The molecule has 2 fully saturated rings. The molecule has 138 valence electrons. The van der Waals surface area contributed by atoms with Crippen LogP contribution in [0.15, 0.2) is 24.5 Å². The lowest BCUT2D eigenvalue weighted by molar-refractivity contribution is -0.117.